The fourth-order valence-corrected chi connectivity index (χ4v) is 6.36. The van der Waals surface area contributed by atoms with Crippen LogP contribution in [0.5, 0.6) is 5.75 Å². The molecule has 2 aromatic carbocycles. The quantitative estimate of drug-likeness (QED) is 0.355. The van der Waals surface area contributed by atoms with Crippen molar-refractivity contribution in [2.45, 2.75) is 63.7 Å². The largest absolute Gasteiger partial charge is 0.507 e. The number of aliphatic hydroxyl groups is 1. The van der Waals surface area contributed by atoms with E-state index in [1.54, 1.807) is 35.2 Å². The smallest absolute Gasteiger partial charge is 0.296 e. The Morgan fingerprint density at radius 3 is 2.74 bits per heavy atom. The van der Waals surface area contributed by atoms with Gasteiger partial charge in [-0.3, -0.25) is 14.4 Å². The number of aliphatic hydroxyl groups excluding tert-OH is 1. The second-order valence-corrected chi connectivity index (χ2v) is 10.6. The molecule has 3 unspecified atom stereocenters. The summed E-state index contributed by atoms with van der Waals surface area (Å²) in [5, 5.41) is 11.8. The molecular formula is C30H32N2O6. The standard InChI is InChI=1S/C30H32N2O6/c1-3-4-13-31-23-10-6-5-9-22(23)30(29(31)36)25(27(34)28(35)32(30)17-21-8-7-14-37-21)26(33)19-11-12-24-20(16-19)15-18(2)38-24/h5-6,9-12,16,18,21,33H,3-4,7-8,13-15,17H2,1-2H3. The maximum atomic E-state index is 14.5. The van der Waals surface area contributed by atoms with Crippen molar-refractivity contribution in [1.29, 1.82) is 0 Å². The number of ketones is 1. The van der Waals surface area contributed by atoms with E-state index >= 15 is 0 Å². The summed E-state index contributed by atoms with van der Waals surface area (Å²) in [6.45, 7) is 5.13. The molecule has 198 valence electrons. The van der Waals surface area contributed by atoms with E-state index in [1.165, 1.54) is 4.90 Å². The van der Waals surface area contributed by atoms with E-state index in [-0.39, 0.29) is 36.0 Å². The molecule has 0 radical (unpaired) electrons. The number of carbonyl (C=O) groups excluding carboxylic acids is 3. The van der Waals surface area contributed by atoms with E-state index in [9.17, 15) is 19.5 Å². The third-order valence-corrected chi connectivity index (χ3v) is 8.12. The summed E-state index contributed by atoms with van der Waals surface area (Å²) in [6, 6.07) is 12.5. The maximum absolute atomic E-state index is 14.5. The van der Waals surface area contributed by atoms with E-state index < -0.39 is 17.2 Å². The van der Waals surface area contributed by atoms with Crippen LogP contribution in [0, 0.1) is 0 Å². The maximum Gasteiger partial charge on any atom is 0.296 e. The number of nitrogens with zero attached hydrogens (tertiary/aromatic N) is 2. The van der Waals surface area contributed by atoms with Gasteiger partial charge in [0.15, 0.2) is 5.54 Å². The highest BCUT2D eigenvalue weighted by atomic mass is 16.5. The molecule has 0 saturated carbocycles. The van der Waals surface area contributed by atoms with E-state index in [0.29, 0.717) is 36.4 Å². The third-order valence-electron chi connectivity index (χ3n) is 8.12. The molecule has 2 saturated heterocycles. The topological polar surface area (TPSA) is 96.4 Å². The number of amides is 2. The van der Waals surface area contributed by atoms with Crippen LogP contribution in [0.2, 0.25) is 0 Å². The van der Waals surface area contributed by atoms with Gasteiger partial charge in [-0.25, -0.2) is 0 Å². The summed E-state index contributed by atoms with van der Waals surface area (Å²) in [7, 11) is 0. The van der Waals surface area contributed by atoms with Crippen molar-refractivity contribution in [2.75, 3.05) is 24.6 Å². The number of benzene rings is 2. The van der Waals surface area contributed by atoms with Gasteiger partial charge in [-0.05, 0) is 56.0 Å². The minimum Gasteiger partial charge on any atom is -0.507 e. The SMILES string of the molecule is CCCCN1C(=O)C2(C(=C(O)c3ccc4c(c3)CC(C)O4)C(=O)C(=O)N2CC2CCCO2)c2ccccc21. The minimum absolute atomic E-state index is 0.00777. The molecule has 8 nitrogen and oxygen atoms in total. The molecule has 4 aliphatic heterocycles. The molecule has 4 heterocycles. The zero-order valence-corrected chi connectivity index (χ0v) is 21.7. The van der Waals surface area contributed by atoms with Crippen molar-refractivity contribution in [2.24, 2.45) is 0 Å². The number of anilines is 1. The number of hydrogen-bond acceptors (Lipinski definition) is 6. The number of ether oxygens (including phenoxy) is 2. The summed E-state index contributed by atoms with van der Waals surface area (Å²) in [5.74, 6) is -1.65. The molecule has 0 aliphatic carbocycles. The summed E-state index contributed by atoms with van der Waals surface area (Å²) >= 11 is 0. The highest BCUT2D eigenvalue weighted by molar-refractivity contribution is 6.50. The lowest BCUT2D eigenvalue weighted by atomic mass is 9.81. The number of hydrogen-bond donors (Lipinski definition) is 1. The lowest BCUT2D eigenvalue weighted by molar-refractivity contribution is -0.145. The number of para-hydroxylation sites is 1. The van der Waals surface area contributed by atoms with Gasteiger partial charge in [0.05, 0.1) is 17.4 Å². The predicted octanol–water partition coefficient (Wildman–Crippen LogP) is 3.91. The Hall–Kier alpha value is -3.65. The van der Waals surface area contributed by atoms with Crippen molar-refractivity contribution in [3.63, 3.8) is 0 Å². The first-order valence-electron chi connectivity index (χ1n) is 13.5. The van der Waals surface area contributed by atoms with E-state index in [4.69, 9.17) is 9.47 Å². The number of likely N-dealkylation sites (tertiary alicyclic amines) is 1. The van der Waals surface area contributed by atoms with Crippen molar-refractivity contribution in [3.8, 4) is 5.75 Å². The Morgan fingerprint density at radius 2 is 1.97 bits per heavy atom. The van der Waals surface area contributed by atoms with Gasteiger partial charge >= 0.3 is 0 Å². The van der Waals surface area contributed by atoms with Crippen LogP contribution in [0.1, 0.15) is 56.2 Å². The predicted molar refractivity (Wildman–Crippen MR) is 141 cm³/mol. The van der Waals surface area contributed by atoms with E-state index in [2.05, 4.69) is 0 Å². The highest BCUT2D eigenvalue weighted by Crippen LogP contribution is 2.54. The van der Waals surface area contributed by atoms with Crippen LogP contribution in [-0.4, -0.2) is 59.5 Å². The van der Waals surface area contributed by atoms with Crippen LogP contribution >= 0.6 is 0 Å². The van der Waals surface area contributed by atoms with Crippen LogP contribution < -0.4 is 9.64 Å². The van der Waals surface area contributed by atoms with Gasteiger partial charge in [-0.1, -0.05) is 31.5 Å². The average Bonchev–Trinajstić information content (AvgIpc) is 3.66. The Kier molecular flexibility index (Phi) is 6.02. The van der Waals surface area contributed by atoms with Gasteiger partial charge in [0.2, 0.25) is 0 Å². The second kappa shape index (κ2) is 9.27. The fraction of sp³-hybridized carbons (Fsp3) is 0.433. The van der Waals surface area contributed by atoms with Crippen molar-refractivity contribution in [3.05, 3.63) is 64.7 Å². The number of rotatable bonds is 6. The first kappa shape index (κ1) is 24.7. The first-order chi connectivity index (χ1) is 18.4. The molecule has 38 heavy (non-hydrogen) atoms. The Bertz CT molecular complexity index is 1360. The van der Waals surface area contributed by atoms with Crippen LogP contribution in [0.3, 0.4) is 0 Å². The summed E-state index contributed by atoms with van der Waals surface area (Å²) in [6.07, 6.45) is 3.61. The zero-order chi connectivity index (χ0) is 26.6. The highest BCUT2D eigenvalue weighted by Gasteiger charge is 2.67. The molecule has 3 atom stereocenters. The Labute approximate surface area is 221 Å². The Balaban J connectivity index is 1.57. The molecule has 1 spiro atoms. The van der Waals surface area contributed by atoms with Crippen molar-refractivity contribution in [1.82, 2.24) is 4.90 Å². The zero-order valence-electron chi connectivity index (χ0n) is 21.7. The molecular weight excluding hydrogens is 484 g/mol. The van der Waals surface area contributed by atoms with Crippen molar-refractivity contribution >= 4 is 29.0 Å². The molecule has 0 bridgehead atoms. The number of carbonyl (C=O) groups is 3. The van der Waals surface area contributed by atoms with Crippen LogP contribution in [0.4, 0.5) is 5.69 Å². The fourth-order valence-electron chi connectivity index (χ4n) is 6.36. The van der Waals surface area contributed by atoms with Gasteiger partial charge in [0.1, 0.15) is 17.6 Å². The Morgan fingerprint density at radius 1 is 1.16 bits per heavy atom. The number of Topliss-reactive ketones (excluding diaryl/α,β-unsaturated/α-hetero) is 1. The molecule has 2 amide bonds. The van der Waals surface area contributed by atoms with Crippen molar-refractivity contribution < 1.29 is 29.0 Å². The van der Waals surface area contributed by atoms with Gasteiger partial charge in [-0.2, -0.15) is 0 Å². The third kappa shape index (κ3) is 3.50. The van der Waals surface area contributed by atoms with Gasteiger partial charge < -0.3 is 24.4 Å². The molecule has 6 rings (SSSR count). The minimum atomic E-state index is -1.75. The summed E-state index contributed by atoms with van der Waals surface area (Å²) in [5.41, 5.74) is 0.561. The van der Waals surface area contributed by atoms with E-state index in [1.807, 2.05) is 26.0 Å². The number of fused-ring (bicyclic) bond motifs is 3. The molecule has 4 aliphatic rings. The van der Waals surface area contributed by atoms with Gasteiger partial charge in [0, 0.05) is 37.2 Å². The van der Waals surface area contributed by atoms with Crippen LogP contribution in [0.15, 0.2) is 48.0 Å². The van der Waals surface area contributed by atoms with Crippen LogP contribution in [0.25, 0.3) is 5.76 Å². The number of unbranched alkanes of at least 4 members (excludes halogenated alkanes) is 1. The lowest BCUT2D eigenvalue weighted by Gasteiger charge is -2.35. The average molecular weight is 517 g/mol. The molecule has 0 aromatic heterocycles. The summed E-state index contributed by atoms with van der Waals surface area (Å²) < 4.78 is 11.6. The molecule has 1 N–H and O–H groups in total. The normalized spacial score (nSPS) is 27.4. The van der Waals surface area contributed by atoms with E-state index in [0.717, 1.165) is 37.0 Å². The van der Waals surface area contributed by atoms with Gasteiger partial charge in [0.25, 0.3) is 17.6 Å². The van der Waals surface area contributed by atoms with Crippen LogP contribution in [-0.2, 0) is 31.1 Å². The summed E-state index contributed by atoms with van der Waals surface area (Å²) in [4.78, 5) is 45.0. The molecule has 8 heteroatoms. The monoisotopic (exact) mass is 516 g/mol. The molecule has 2 aromatic rings. The first-order valence-corrected chi connectivity index (χ1v) is 13.5. The second-order valence-electron chi connectivity index (χ2n) is 10.6. The lowest BCUT2D eigenvalue weighted by Crippen LogP contribution is -2.54. The molecule has 2 fully saturated rings. The van der Waals surface area contributed by atoms with Gasteiger partial charge in [-0.15, -0.1) is 0 Å².